The van der Waals surface area contributed by atoms with Crippen LogP contribution in [0.25, 0.3) is 0 Å². The van der Waals surface area contributed by atoms with Crippen molar-refractivity contribution in [2.75, 3.05) is 0 Å². The van der Waals surface area contributed by atoms with E-state index in [9.17, 15) is 0 Å². The summed E-state index contributed by atoms with van der Waals surface area (Å²) in [5.41, 5.74) is 1.44. The molecule has 3 rings (SSSR count). The first-order valence-electron chi connectivity index (χ1n) is 8.13. The average Bonchev–Trinajstić information content (AvgIpc) is 2.94. The van der Waals surface area contributed by atoms with Gasteiger partial charge >= 0.3 is 0 Å². The van der Waals surface area contributed by atoms with E-state index in [-0.39, 0.29) is 5.41 Å². The Morgan fingerprint density at radius 3 is 2.36 bits per heavy atom. The highest BCUT2D eigenvalue weighted by Gasteiger charge is 2.43. The van der Waals surface area contributed by atoms with Gasteiger partial charge in [0.25, 0.3) is 0 Å². The van der Waals surface area contributed by atoms with Crippen molar-refractivity contribution in [1.82, 2.24) is 0 Å². The molecule has 2 atom stereocenters. The molecule has 0 saturated heterocycles. The SMILES string of the molecule is CC(c1ccc(S)cc1S)(C1C=CC(S)=C1)C1CCCCC1. The minimum absolute atomic E-state index is 0.0833. The normalized spacial score (nSPS) is 25.1. The van der Waals surface area contributed by atoms with Gasteiger partial charge in [-0.3, -0.25) is 0 Å². The molecule has 22 heavy (non-hydrogen) atoms. The van der Waals surface area contributed by atoms with E-state index in [0.29, 0.717) is 11.8 Å². The predicted octanol–water partition coefficient (Wildman–Crippen LogP) is 6.10. The third-order valence-electron chi connectivity index (χ3n) is 5.53. The van der Waals surface area contributed by atoms with E-state index in [0.717, 1.165) is 14.7 Å². The van der Waals surface area contributed by atoms with Gasteiger partial charge in [0, 0.05) is 26.0 Å². The Morgan fingerprint density at radius 2 is 1.77 bits per heavy atom. The van der Waals surface area contributed by atoms with E-state index in [1.807, 2.05) is 0 Å². The summed E-state index contributed by atoms with van der Waals surface area (Å²) in [7, 11) is 0. The highest BCUT2D eigenvalue weighted by Crippen LogP contribution is 2.50. The molecule has 3 heteroatoms. The van der Waals surface area contributed by atoms with E-state index in [4.69, 9.17) is 12.6 Å². The van der Waals surface area contributed by atoms with Crippen molar-refractivity contribution in [3.05, 3.63) is 46.9 Å². The fourth-order valence-corrected chi connectivity index (χ4v) is 5.23. The summed E-state index contributed by atoms with van der Waals surface area (Å²) < 4.78 is 0. The molecule has 1 saturated carbocycles. The van der Waals surface area contributed by atoms with Gasteiger partial charge in [0.2, 0.25) is 0 Å². The summed E-state index contributed by atoms with van der Waals surface area (Å²) in [6.07, 6.45) is 13.5. The second-order valence-electron chi connectivity index (χ2n) is 6.80. The monoisotopic (exact) mass is 348 g/mol. The van der Waals surface area contributed by atoms with Gasteiger partial charge in [0.15, 0.2) is 0 Å². The number of hydrogen-bond acceptors (Lipinski definition) is 3. The molecule has 2 aliphatic rings. The first-order chi connectivity index (χ1) is 10.5. The molecule has 0 spiro atoms. The van der Waals surface area contributed by atoms with Gasteiger partial charge in [-0.1, -0.05) is 50.5 Å². The van der Waals surface area contributed by atoms with Crippen LogP contribution >= 0.6 is 37.9 Å². The van der Waals surface area contributed by atoms with Gasteiger partial charge in [-0.05, 0) is 36.5 Å². The first-order valence-corrected chi connectivity index (χ1v) is 9.47. The largest absolute Gasteiger partial charge is 0.144 e. The minimum Gasteiger partial charge on any atom is -0.144 e. The van der Waals surface area contributed by atoms with E-state index in [1.54, 1.807) is 0 Å². The molecule has 1 aromatic rings. The lowest BCUT2D eigenvalue weighted by atomic mass is 9.60. The van der Waals surface area contributed by atoms with Gasteiger partial charge in [-0.25, -0.2) is 0 Å². The van der Waals surface area contributed by atoms with Crippen molar-refractivity contribution in [3.8, 4) is 0 Å². The molecule has 0 aromatic heterocycles. The molecule has 1 aromatic carbocycles. The summed E-state index contributed by atoms with van der Waals surface area (Å²) in [4.78, 5) is 3.13. The van der Waals surface area contributed by atoms with Crippen LogP contribution in [-0.2, 0) is 5.41 Å². The second kappa shape index (κ2) is 6.70. The van der Waals surface area contributed by atoms with Crippen molar-refractivity contribution < 1.29 is 0 Å². The number of rotatable bonds is 3. The number of hydrogen-bond donors (Lipinski definition) is 3. The van der Waals surface area contributed by atoms with Crippen molar-refractivity contribution in [1.29, 1.82) is 0 Å². The molecule has 0 amide bonds. The Hall–Kier alpha value is -0.250. The average molecular weight is 349 g/mol. The van der Waals surface area contributed by atoms with E-state index in [1.165, 1.54) is 37.7 Å². The van der Waals surface area contributed by atoms with E-state index >= 15 is 0 Å². The van der Waals surface area contributed by atoms with Gasteiger partial charge in [-0.15, -0.1) is 37.9 Å². The molecule has 0 aliphatic heterocycles. The predicted molar refractivity (Wildman–Crippen MR) is 105 cm³/mol. The molecule has 2 unspecified atom stereocenters. The summed E-state index contributed by atoms with van der Waals surface area (Å²) in [6, 6.07) is 6.41. The van der Waals surface area contributed by atoms with Crippen LogP contribution in [0.4, 0.5) is 0 Å². The van der Waals surface area contributed by atoms with Crippen LogP contribution in [0.15, 0.2) is 51.1 Å². The highest BCUT2D eigenvalue weighted by molar-refractivity contribution is 7.84. The molecule has 0 N–H and O–H groups in total. The fraction of sp³-hybridized carbons (Fsp3) is 0.474. The Balaban J connectivity index is 2.07. The summed E-state index contributed by atoms with van der Waals surface area (Å²) in [5, 5.41) is 0. The highest BCUT2D eigenvalue weighted by atomic mass is 32.1. The van der Waals surface area contributed by atoms with Crippen molar-refractivity contribution >= 4 is 37.9 Å². The van der Waals surface area contributed by atoms with Crippen LogP contribution in [0.5, 0.6) is 0 Å². The summed E-state index contributed by atoms with van der Waals surface area (Å²) >= 11 is 13.8. The third kappa shape index (κ3) is 3.05. The lowest BCUT2D eigenvalue weighted by Crippen LogP contribution is -2.39. The standard InChI is InChI=1S/C19H24S3/c1-19(13-5-3-2-4-6-13,14-7-8-15(20)11-14)17-10-9-16(21)12-18(17)22/h7-14,20-22H,2-6H2,1H3. The zero-order valence-electron chi connectivity index (χ0n) is 13.0. The first kappa shape index (κ1) is 16.6. The maximum Gasteiger partial charge on any atom is 0.00890 e. The molecule has 118 valence electrons. The van der Waals surface area contributed by atoms with E-state index in [2.05, 4.69) is 68.6 Å². The minimum atomic E-state index is 0.0833. The summed E-state index contributed by atoms with van der Waals surface area (Å²) in [5.74, 6) is 1.10. The quantitative estimate of drug-likeness (QED) is 0.540. The van der Waals surface area contributed by atoms with Gasteiger partial charge in [-0.2, -0.15) is 0 Å². The maximum atomic E-state index is 4.78. The second-order valence-corrected chi connectivity index (χ2v) is 8.31. The molecular weight excluding hydrogens is 324 g/mol. The van der Waals surface area contributed by atoms with Crippen LogP contribution in [0, 0.1) is 11.8 Å². The molecule has 1 fully saturated rings. The van der Waals surface area contributed by atoms with Gasteiger partial charge < -0.3 is 0 Å². The van der Waals surface area contributed by atoms with Crippen LogP contribution in [-0.4, -0.2) is 0 Å². The maximum absolute atomic E-state index is 4.78. The molecule has 0 bridgehead atoms. The van der Waals surface area contributed by atoms with Gasteiger partial charge in [0.05, 0.1) is 0 Å². The lowest BCUT2D eigenvalue weighted by Gasteiger charge is -2.44. The van der Waals surface area contributed by atoms with Crippen molar-refractivity contribution in [2.24, 2.45) is 11.8 Å². The topological polar surface area (TPSA) is 0 Å². The van der Waals surface area contributed by atoms with Crippen molar-refractivity contribution in [3.63, 3.8) is 0 Å². The Labute approximate surface area is 150 Å². The number of allylic oxidation sites excluding steroid dienone is 3. The van der Waals surface area contributed by atoms with Crippen LogP contribution < -0.4 is 0 Å². The third-order valence-corrected chi connectivity index (χ3v) is 6.48. The lowest BCUT2D eigenvalue weighted by molar-refractivity contribution is 0.188. The Kier molecular flexibility index (Phi) is 5.06. The van der Waals surface area contributed by atoms with Crippen LogP contribution in [0.1, 0.15) is 44.6 Å². The molecule has 0 nitrogen and oxygen atoms in total. The molecule has 2 aliphatic carbocycles. The zero-order chi connectivity index (χ0) is 15.7. The Bertz CT molecular complexity index is 611. The Morgan fingerprint density at radius 1 is 1.05 bits per heavy atom. The van der Waals surface area contributed by atoms with Crippen LogP contribution in [0.3, 0.4) is 0 Å². The smallest absolute Gasteiger partial charge is 0.00890 e. The number of benzene rings is 1. The molecule has 0 radical (unpaired) electrons. The van der Waals surface area contributed by atoms with Gasteiger partial charge in [0.1, 0.15) is 0 Å². The molecular formula is C19H24S3. The molecule has 0 heterocycles. The number of thiol groups is 3. The fourth-order valence-electron chi connectivity index (χ4n) is 4.22. The van der Waals surface area contributed by atoms with Crippen molar-refractivity contribution in [2.45, 2.75) is 54.2 Å². The zero-order valence-corrected chi connectivity index (χ0v) is 15.7. The van der Waals surface area contributed by atoms with Crippen LogP contribution in [0.2, 0.25) is 0 Å². The summed E-state index contributed by atoms with van der Waals surface area (Å²) in [6.45, 7) is 2.42. The van der Waals surface area contributed by atoms with E-state index < -0.39 is 0 Å².